The normalized spacial score (nSPS) is 22.0. The van der Waals surface area contributed by atoms with Crippen LogP contribution < -0.4 is 5.73 Å². The van der Waals surface area contributed by atoms with Gasteiger partial charge in [-0.2, -0.15) is 0 Å². The summed E-state index contributed by atoms with van der Waals surface area (Å²) in [5.41, 5.74) is 5.90. The summed E-state index contributed by atoms with van der Waals surface area (Å²) in [6.45, 7) is 5.16. The average Bonchev–Trinajstić information content (AvgIpc) is 2.46. The number of hydrogen-bond acceptors (Lipinski definition) is 3. The fourth-order valence-corrected chi connectivity index (χ4v) is 1.80. The zero-order valence-electron chi connectivity index (χ0n) is 8.20. The van der Waals surface area contributed by atoms with E-state index in [4.69, 9.17) is 5.73 Å². The Balaban J connectivity index is 2.35. The van der Waals surface area contributed by atoms with E-state index in [2.05, 4.69) is 28.6 Å². The number of nitrogens with two attached hydrogens (primary N) is 1. The molecule has 0 saturated heterocycles. The van der Waals surface area contributed by atoms with Gasteiger partial charge >= 0.3 is 0 Å². The van der Waals surface area contributed by atoms with Gasteiger partial charge in [0.25, 0.3) is 0 Å². The van der Waals surface area contributed by atoms with Crippen LogP contribution in [0, 0.1) is 0 Å². The Morgan fingerprint density at radius 2 is 2.23 bits per heavy atom. The van der Waals surface area contributed by atoms with Crippen LogP contribution in [0.2, 0.25) is 0 Å². The molecule has 1 aliphatic heterocycles. The summed E-state index contributed by atoms with van der Waals surface area (Å²) in [7, 11) is 0. The van der Waals surface area contributed by atoms with Crippen molar-refractivity contribution in [2.45, 2.75) is 45.2 Å². The second-order valence-corrected chi connectivity index (χ2v) is 4.04. The van der Waals surface area contributed by atoms with Gasteiger partial charge in [-0.3, -0.25) is 0 Å². The van der Waals surface area contributed by atoms with Crippen LogP contribution in [0.5, 0.6) is 0 Å². The van der Waals surface area contributed by atoms with Gasteiger partial charge in [-0.25, -0.2) is 0 Å². The largest absolute Gasteiger partial charge is 0.326 e. The van der Waals surface area contributed by atoms with Gasteiger partial charge in [0.1, 0.15) is 11.6 Å². The van der Waals surface area contributed by atoms with Gasteiger partial charge in [0.15, 0.2) is 0 Å². The van der Waals surface area contributed by atoms with Crippen molar-refractivity contribution >= 4 is 0 Å². The van der Waals surface area contributed by atoms with Crippen LogP contribution >= 0.6 is 0 Å². The van der Waals surface area contributed by atoms with Crippen molar-refractivity contribution in [3.63, 3.8) is 0 Å². The summed E-state index contributed by atoms with van der Waals surface area (Å²) < 4.78 is 2.18. The molecule has 0 aliphatic carbocycles. The second-order valence-electron chi connectivity index (χ2n) is 4.04. The maximum Gasteiger partial charge on any atom is 0.135 e. The number of nitrogens with zero attached hydrogens (tertiary/aromatic N) is 3. The number of rotatable bonds is 1. The molecule has 0 radical (unpaired) electrons. The first-order valence-corrected chi connectivity index (χ1v) is 4.86. The standard InChI is InChI=1S/C9H16N4/c1-6(2)9-12-11-8-4-3-7(10)5-13(8)9/h6-7H,3-5,10H2,1-2H3/t7-/m1/s1. The van der Waals surface area contributed by atoms with E-state index in [0.717, 1.165) is 31.0 Å². The molecule has 2 heterocycles. The van der Waals surface area contributed by atoms with Crippen molar-refractivity contribution in [2.75, 3.05) is 0 Å². The lowest BCUT2D eigenvalue weighted by Crippen LogP contribution is -2.32. The first-order chi connectivity index (χ1) is 6.18. The molecule has 1 aromatic rings. The van der Waals surface area contributed by atoms with Crippen LogP contribution in [0.25, 0.3) is 0 Å². The summed E-state index contributed by atoms with van der Waals surface area (Å²) in [4.78, 5) is 0. The Kier molecular flexibility index (Phi) is 2.07. The Labute approximate surface area is 78.1 Å². The molecule has 0 aromatic carbocycles. The van der Waals surface area contributed by atoms with Crippen molar-refractivity contribution in [3.05, 3.63) is 11.6 Å². The lowest BCUT2D eigenvalue weighted by Gasteiger charge is -2.21. The molecule has 0 amide bonds. The summed E-state index contributed by atoms with van der Waals surface area (Å²) in [6.07, 6.45) is 2.01. The molecule has 0 fully saturated rings. The SMILES string of the molecule is CC(C)c1nnc2n1C[C@H](N)CC2. The van der Waals surface area contributed by atoms with E-state index in [1.165, 1.54) is 0 Å². The third-order valence-corrected chi connectivity index (χ3v) is 2.53. The van der Waals surface area contributed by atoms with Crippen molar-refractivity contribution in [3.8, 4) is 0 Å². The molecular weight excluding hydrogens is 164 g/mol. The zero-order chi connectivity index (χ0) is 9.42. The predicted molar refractivity (Wildman–Crippen MR) is 50.4 cm³/mol. The van der Waals surface area contributed by atoms with E-state index in [9.17, 15) is 0 Å². The Morgan fingerprint density at radius 3 is 2.92 bits per heavy atom. The number of hydrogen-bond donors (Lipinski definition) is 1. The van der Waals surface area contributed by atoms with Gasteiger partial charge in [0.05, 0.1) is 0 Å². The van der Waals surface area contributed by atoms with E-state index >= 15 is 0 Å². The molecule has 72 valence electrons. The molecule has 4 heteroatoms. The van der Waals surface area contributed by atoms with Crippen LogP contribution in [0.15, 0.2) is 0 Å². The lowest BCUT2D eigenvalue weighted by atomic mass is 10.1. The smallest absolute Gasteiger partial charge is 0.135 e. The average molecular weight is 180 g/mol. The quantitative estimate of drug-likeness (QED) is 0.691. The highest BCUT2D eigenvalue weighted by atomic mass is 15.3. The maximum atomic E-state index is 5.90. The van der Waals surface area contributed by atoms with Gasteiger partial charge in [0.2, 0.25) is 0 Å². The predicted octanol–water partition coefficient (Wildman–Crippen LogP) is 0.675. The van der Waals surface area contributed by atoms with Crippen molar-refractivity contribution in [1.29, 1.82) is 0 Å². The van der Waals surface area contributed by atoms with E-state index in [-0.39, 0.29) is 6.04 Å². The van der Waals surface area contributed by atoms with Crippen LogP contribution in [0.1, 0.15) is 37.8 Å². The monoisotopic (exact) mass is 180 g/mol. The summed E-state index contributed by atoms with van der Waals surface area (Å²) in [6, 6.07) is 0.279. The minimum atomic E-state index is 0.279. The number of fused-ring (bicyclic) bond motifs is 1. The first-order valence-electron chi connectivity index (χ1n) is 4.86. The Hall–Kier alpha value is -0.900. The Morgan fingerprint density at radius 1 is 1.46 bits per heavy atom. The molecule has 0 bridgehead atoms. The Bertz CT molecular complexity index is 303. The highest BCUT2D eigenvalue weighted by molar-refractivity contribution is 5.03. The third kappa shape index (κ3) is 1.46. The van der Waals surface area contributed by atoms with Gasteiger partial charge < -0.3 is 10.3 Å². The van der Waals surface area contributed by atoms with E-state index < -0.39 is 0 Å². The minimum absolute atomic E-state index is 0.279. The molecule has 0 saturated carbocycles. The van der Waals surface area contributed by atoms with E-state index in [0.29, 0.717) is 5.92 Å². The minimum Gasteiger partial charge on any atom is -0.326 e. The fourth-order valence-electron chi connectivity index (χ4n) is 1.80. The van der Waals surface area contributed by atoms with Crippen LogP contribution in [-0.4, -0.2) is 20.8 Å². The van der Waals surface area contributed by atoms with Crippen LogP contribution in [0.3, 0.4) is 0 Å². The molecule has 4 nitrogen and oxygen atoms in total. The van der Waals surface area contributed by atoms with Gasteiger partial charge in [-0.1, -0.05) is 13.8 Å². The van der Waals surface area contributed by atoms with Gasteiger partial charge in [-0.15, -0.1) is 10.2 Å². The van der Waals surface area contributed by atoms with Crippen molar-refractivity contribution < 1.29 is 0 Å². The molecule has 0 unspecified atom stereocenters. The van der Waals surface area contributed by atoms with Crippen LogP contribution in [-0.2, 0) is 13.0 Å². The molecule has 2 rings (SSSR count). The van der Waals surface area contributed by atoms with E-state index in [1.54, 1.807) is 0 Å². The van der Waals surface area contributed by atoms with E-state index in [1.807, 2.05) is 0 Å². The zero-order valence-corrected chi connectivity index (χ0v) is 8.20. The lowest BCUT2D eigenvalue weighted by molar-refractivity contribution is 0.439. The molecule has 2 N–H and O–H groups in total. The highest BCUT2D eigenvalue weighted by Crippen LogP contribution is 2.18. The first kappa shape index (κ1) is 8.69. The second kappa shape index (κ2) is 3.10. The number of aromatic nitrogens is 3. The molecule has 13 heavy (non-hydrogen) atoms. The van der Waals surface area contributed by atoms with Gasteiger partial charge in [0, 0.05) is 24.9 Å². The summed E-state index contributed by atoms with van der Waals surface area (Å²) in [5.74, 6) is 2.61. The molecule has 1 aliphatic rings. The summed E-state index contributed by atoms with van der Waals surface area (Å²) >= 11 is 0. The molecule has 1 aromatic heterocycles. The fraction of sp³-hybridized carbons (Fsp3) is 0.778. The van der Waals surface area contributed by atoms with Crippen LogP contribution in [0.4, 0.5) is 0 Å². The van der Waals surface area contributed by atoms with Crippen molar-refractivity contribution in [1.82, 2.24) is 14.8 Å². The maximum absolute atomic E-state index is 5.90. The van der Waals surface area contributed by atoms with Crippen molar-refractivity contribution in [2.24, 2.45) is 5.73 Å². The third-order valence-electron chi connectivity index (χ3n) is 2.53. The highest BCUT2D eigenvalue weighted by Gasteiger charge is 2.21. The topological polar surface area (TPSA) is 56.7 Å². The summed E-state index contributed by atoms with van der Waals surface area (Å²) in [5, 5.41) is 8.36. The molecular formula is C9H16N4. The van der Waals surface area contributed by atoms with Gasteiger partial charge in [-0.05, 0) is 6.42 Å². The molecule has 0 spiro atoms. The number of aryl methyl sites for hydroxylation is 1. The molecule has 1 atom stereocenters.